The molecular formula is C10H15NO2. The van der Waals surface area contributed by atoms with Crippen LogP contribution in [0.5, 0.6) is 5.75 Å². The van der Waals surface area contributed by atoms with Crippen molar-refractivity contribution in [3.8, 4) is 5.75 Å². The Balaban J connectivity index is 2.78. The van der Waals surface area contributed by atoms with E-state index >= 15 is 0 Å². The Morgan fingerprint density at radius 3 is 2.85 bits per heavy atom. The molecule has 1 rings (SSSR count). The lowest BCUT2D eigenvalue weighted by Crippen LogP contribution is -2.05. The van der Waals surface area contributed by atoms with Crippen LogP contribution in [0.25, 0.3) is 0 Å². The van der Waals surface area contributed by atoms with Gasteiger partial charge in [0.05, 0.1) is 6.61 Å². The molecule has 0 fully saturated rings. The van der Waals surface area contributed by atoms with Crippen molar-refractivity contribution < 1.29 is 9.57 Å². The largest absolute Gasteiger partial charge is 0.494 e. The Morgan fingerprint density at radius 2 is 2.23 bits per heavy atom. The Labute approximate surface area is 78.4 Å². The average molecular weight is 181 g/mol. The van der Waals surface area contributed by atoms with E-state index in [0.29, 0.717) is 6.61 Å². The lowest BCUT2D eigenvalue weighted by molar-refractivity contribution is 0.0662. The van der Waals surface area contributed by atoms with Gasteiger partial charge in [-0.2, -0.15) is 0 Å². The third-order valence-corrected chi connectivity index (χ3v) is 1.84. The van der Waals surface area contributed by atoms with Gasteiger partial charge in [0.2, 0.25) is 0 Å². The summed E-state index contributed by atoms with van der Waals surface area (Å²) in [7, 11) is 0. The van der Waals surface area contributed by atoms with E-state index in [9.17, 15) is 0 Å². The van der Waals surface area contributed by atoms with Crippen LogP contribution in [0, 0.1) is 0 Å². The van der Waals surface area contributed by atoms with Crippen molar-refractivity contribution in [1.29, 1.82) is 0 Å². The summed E-state index contributed by atoms with van der Waals surface area (Å²) in [4.78, 5) is 4.71. The maximum absolute atomic E-state index is 5.34. The molecule has 0 amide bonds. The SMILES string of the molecule is CCOc1cccc(C(C)ON)c1. The van der Waals surface area contributed by atoms with Crippen LogP contribution in [0.1, 0.15) is 25.5 Å². The molecule has 1 unspecified atom stereocenters. The molecule has 0 aromatic heterocycles. The molecule has 0 aliphatic heterocycles. The van der Waals surface area contributed by atoms with Gasteiger partial charge in [-0.1, -0.05) is 12.1 Å². The third-order valence-electron chi connectivity index (χ3n) is 1.84. The lowest BCUT2D eigenvalue weighted by atomic mass is 10.1. The van der Waals surface area contributed by atoms with Crippen LogP contribution in [0.15, 0.2) is 24.3 Å². The number of benzene rings is 1. The Morgan fingerprint density at radius 1 is 1.46 bits per heavy atom. The summed E-state index contributed by atoms with van der Waals surface area (Å²) >= 11 is 0. The molecule has 0 spiro atoms. The Hall–Kier alpha value is -1.06. The number of ether oxygens (including phenoxy) is 1. The summed E-state index contributed by atoms with van der Waals surface area (Å²) in [6.45, 7) is 4.52. The standard InChI is InChI=1S/C10H15NO2/c1-3-12-10-6-4-5-9(7-10)8(2)13-11/h4-8H,3,11H2,1-2H3. The molecule has 13 heavy (non-hydrogen) atoms. The first-order valence-corrected chi connectivity index (χ1v) is 4.36. The number of rotatable bonds is 4. The molecule has 0 heterocycles. The molecule has 0 saturated heterocycles. The highest BCUT2D eigenvalue weighted by molar-refractivity contribution is 5.29. The summed E-state index contributed by atoms with van der Waals surface area (Å²) in [5, 5.41) is 0. The van der Waals surface area contributed by atoms with Gasteiger partial charge in [0.1, 0.15) is 11.9 Å². The summed E-state index contributed by atoms with van der Waals surface area (Å²) in [6.07, 6.45) is -0.0968. The van der Waals surface area contributed by atoms with Gasteiger partial charge in [-0.3, -0.25) is 4.84 Å². The van der Waals surface area contributed by atoms with Gasteiger partial charge in [-0.25, -0.2) is 5.90 Å². The van der Waals surface area contributed by atoms with E-state index in [2.05, 4.69) is 0 Å². The van der Waals surface area contributed by atoms with Crippen LogP contribution in [-0.2, 0) is 4.84 Å². The van der Waals surface area contributed by atoms with E-state index in [4.69, 9.17) is 15.5 Å². The van der Waals surface area contributed by atoms with E-state index in [1.807, 2.05) is 38.1 Å². The van der Waals surface area contributed by atoms with E-state index in [-0.39, 0.29) is 6.10 Å². The predicted octanol–water partition coefficient (Wildman–Crippen LogP) is 2.04. The Kier molecular flexibility index (Phi) is 3.73. The zero-order valence-electron chi connectivity index (χ0n) is 7.99. The van der Waals surface area contributed by atoms with Crippen LogP contribution in [0.4, 0.5) is 0 Å². The maximum Gasteiger partial charge on any atom is 0.119 e. The summed E-state index contributed by atoms with van der Waals surface area (Å²) in [6, 6.07) is 7.73. The monoisotopic (exact) mass is 181 g/mol. The fourth-order valence-electron chi connectivity index (χ4n) is 1.10. The molecule has 0 bridgehead atoms. The molecule has 0 aliphatic rings. The second-order valence-corrected chi connectivity index (χ2v) is 2.78. The lowest BCUT2D eigenvalue weighted by Gasteiger charge is -2.10. The topological polar surface area (TPSA) is 44.5 Å². The van der Waals surface area contributed by atoms with Crippen LogP contribution in [-0.4, -0.2) is 6.61 Å². The van der Waals surface area contributed by atoms with Crippen LogP contribution in [0.2, 0.25) is 0 Å². The van der Waals surface area contributed by atoms with E-state index in [0.717, 1.165) is 11.3 Å². The molecule has 1 aromatic rings. The molecule has 1 aromatic carbocycles. The molecule has 72 valence electrons. The second kappa shape index (κ2) is 4.84. The van der Waals surface area contributed by atoms with Gasteiger partial charge in [0.25, 0.3) is 0 Å². The van der Waals surface area contributed by atoms with Gasteiger partial charge in [-0.05, 0) is 31.5 Å². The van der Waals surface area contributed by atoms with Crippen molar-refractivity contribution in [2.45, 2.75) is 20.0 Å². The first-order chi connectivity index (χ1) is 6.27. The van der Waals surface area contributed by atoms with E-state index in [1.54, 1.807) is 0 Å². The first kappa shape index (κ1) is 10.0. The molecule has 0 saturated carbocycles. The minimum atomic E-state index is -0.0968. The highest BCUT2D eigenvalue weighted by Crippen LogP contribution is 2.20. The van der Waals surface area contributed by atoms with Crippen molar-refractivity contribution >= 4 is 0 Å². The molecule has 3 nitrogen and oxygen atoms in total. The quantitative estimate of drug-likeness (QED) is 0.723. The van der Waals surface area contributed by atoms with Gasteiger partial charge in [-0.15, -0.1) is 0 Å². The average Bonchev–Trinajstić information content (AvgIpc) is 2.18. The van der Waals surface area contributed by atoms with Crippen molar-refractivity contribution in [1.82, 2.24) is 0 Å². The van der Waals surface area contributed by atoms with Gasteiger partial charge in [0, 0.05) is 0 Å². The van der Waals surface area contributed by atoms with Crippen molar-refractivity contribution in [2.24, 2.45) is 5.90 Å². The minimum absolute atomic E-state index is 0.0968. The molecule has 0 radical (unpaired) electrons. The van der Waals surface area contributed by atoms with E-state index in [1.165, 1.54) is 0 Å². The van der Waals surface area contributed by atoms with Crippen molar-refractivity contribution in [3.63, 3.8) is 0 Å². The van der Waals surface area contributed by atoms with E-state index < -0.39 is 0 Å². The van der Waals surface area contributed by atoms with Crippen molar-refractivity contribution in [2.75, 3.05) is 6.61 Å². The first-order valence-electron chi connectivity index (χ1n) is 4.36. The molecular weight excluding hydrogens is 166 g/mol. The predicted molar refractivity (Wildman–Crippen MR) is 51.3 cm³/mol. The minimum Gasteiger partial charge on any atom is -0.494 e. The summed E-state index contributed by atoms with van der Waals surface area (Å²) in [5.74, 6) is 5.94. The Bertz CT molecular complexity index is 263. The fourth-order valence-corrected chi connectivity index (χ4v) is 1.10. The zero-order chi connectivity index (χ0) is 9.68. The fraction of sp³-hybridized carbons (Fsp3) is 0.400. The molecule has 3 heteroatoms. The zero-order valence-corrected chi connectivity index (χ0v) is 7.99. The molecule has 2 N–H and O–H groups in total. The summed E-state index contributed by atoms with van der Waals surface area (Å²) in [5.41, 5.74) is 1.02. The second-order valence-electron chi connectivity index (χ2n) is 2.78. The van der Waals surface area contributed by atoms with Crippen LogP contribution >= 0.6 is 0 Å². The normalized spacial score (nSPS) is 12.5. The smallest absolute Gasteiger partial charge is 0.119 e. The summed E-state index contributed by atoms with van der Waals surface area (Å²) < 4.78 is 5.34. The van der Waals surface area contributed by atoms with Gasteiger partial charge in [0.15, 0.2) is 0 Å². The molecule has 1 atom stereocenters. The van der Waals surface area contributed by atoms with Gasteiger partial charge >= 0.3 is 0 Å². The molecule has 0 aliphatic carbocycles. The van der Waals surface area contributed by atoms with Gasteiger partial charge < -0.3 is 4.74 Å². The van der Waals surface area contributed by atoms with Crippen LogP contribution < -0.4 is 10.6 Å². The highest BCUT2D eigenvalue weighted by Gasteiger charge is 2.04. The highest BCUT2D eigenvalue weighted by atomic mass is 16.6. The third kappa shape index (κ3) is 2.72. The number of hydrogen-bond acceptors (Lipinski definition) is 3. The number of hydrogen-bond donors (Lipinski definition) is 1. The maximum atomic E-state index is 5.34. The number of nitrogens with two attached hydrogens (primary N) is 1. The van der Waals surface area contributed by atoms with Crippen molar-refractivity contribution in [3.05, 3.63) is 29.8 Å². The van der Waals surface area contributed by atoms with Crippen LogP contribution in [0.3, 0.4) is 0 Å².